The van der Waals surface area contributed by atoms with E-state index < -0.39 is 0 Å². The van der Waals surface area contributed by atoms with Gasteiger partial charge in [-0.05, 0) is 0 Å². The number of rotatable bonds is 6. The van der Waals surface area contributed by atoms with Crippen molar-refractivity contribution in [3.8, 4) is 33.8 Å². The Hall–Kier alpha value is -3.15. The van der Waals surface area contributed by atoms with E-state index >= 15 is 0 Å². The van der Waals surface area contributed by atoms with Gasteiger partial charge in [-0.25, -0.2) is 0 Å². The quantitative estimate of drug-likeness (QED) is 0.165. The molecule has 0 aromatic heterocycles. The van der Waals surface area contributed by atoms with Crippen molar-refractivity contribution in [1.29, 1.82) is 0 Å². The molecule has 5 heteroatoms. The zero-order chi connectivity index (χ0) is 38.5. The van der Waals surface area contributed by atoms with E-state index in [1.807, 2.05) is 0 Å². The van der Waals surface area contributed by atoms with Gasteiger partial charge in [0.25, 0.3) is 0 Å². The first-order valence-corrected chi connectivity index (χ1v) is 27.0. The average Bonchev–Trinajstić information content (AvgIpc) is 3.45. The molecule has 0 bridgehead atoms. The van der Waals surface area contributed by atoms with E-state index in [9.17, 15) is 10.2 Å². The van der Waals surface area contributed by atoms with Crippen LogP contribution in [0.1, 0.15) is 102 Å². The monoisotopic (exact) mass is 800 g/mol. The van der Waals surface area contributed by atoms with Crippen molar-refractivity contribution >= 4 is 37.5 Å². The Morgan fingerprint density at radius 1 is 0.509 bits per heavy atom. The van der Waals surface area contributed by atoms with Crippen LogP contribution in [0.5, 0.6) is 11.5 Å². The van der Waals surface area contributed by atoms with Crippen molar-refractivity contribution in [3.05, 3.63) is 131 Å². The van der Waals surface area contributed by atoms with Gasteiger partial charge in [-0.3, -0.25) is 0 Å². The first-order valence-electron chi connectivity index (χ1n) is 20.2. The van der Waals surface area contributed by atoms with Gasteiger partial charge in [0.05, 0.1) is 0 Å². The SMILES string of the molecule is CC(C)(C)c1cc(C[S]2=[Ti]=[S](Cc3cc(C(C)(C)C)cc(-c4cccc5ccccc45)c3O)[C@H]3CCCCCCC32)c(O)c(-c2cccc3ccccc23)c1. The first kappa shape index (κ1) is 38.7. The summed E-state index contributed by atoms with van der Waals surface area (Å²) in [5.74, 6) is 2.92. The van der Waals surface area contributed by atoms with Crippen LogP contribution in [0, 0.1) is 0 Å². The van der Waals surface area contributed by atoms with Crippen molar-refractivity contribution in [2.75, 3.05) is 0 Å². The van der Waals surface area contributed by atoms with E-state index in [2.05, 4.69) is 151 Å². The average molecular weight is 801 g/mol. The summed E-state index contributed by atoms with van der Waals surface area (Å²) in [7, 11) is 0.505. The van der Waals surface area contributed by atoms with Crippen LogP contribution in [0.25, 0.3) is 43.8 Å². The molecule has 2 aliphatic rings. The van der Waals surface area contributed by atoms with E-state index in [1.54, 1.807) is 0 Å². The van der Waals surface area contributed by atoms with Gasteiger partial charge in [-0.1, -0.05) is 0 Å². The molecule has 1 aliphatic heterocycles. The van der Waals surface area contributed by atoms with Crippen molar-refractivity contribution in [1.82, 2.24) is 0 Å². The molecule has 1 fully saturated rings. The second kappa shape index (κ2) is 15.7. The topological polar surface area (TPSA) is 40.5 Å². The molecule has 0 amide bonds. The summed E-state index contributed by atoms with van der Waals surface area (Å²) in [5, 5.41) is 30.8. The van der Waals surface area contributed by atoms with Crippen molar-refractivity contribution in [2.45, 2.75) is 113 Å². The van der Waals surface area contributed by atoms with Crippen molar-refractivity contribution in [3.63, 3.8) is 0 Å². The van der Waals surface area contributed by atoms with Gasteiger partial charge in [0.15, 0.2) is 0 Å². The normalized spacial score (nSPS) is 20.4. The molecule has 2 N–H and O–H groups in total. The van der Waals surface area contributed by atoms with Gasteiger partial charge < -0.3 is 0 Å². The summed E-state index contributed by atoms with van der Waals surface area (Å²) in [6.45, 7) is 13.8. The first-order chi connectivity index (χ1) is 26.4. The predicted octanol–water partition coefficient (Wildman–Crippen LogP) is 14.6. The number of hydrogen-bond donors (Lipinski definition) is 2. The standard InChI is InChI=1S/C50H56O2S2.Ti/c1-49(2,3)37-27-35(47(51)43(29-37)41-23-15-19-33-17-11-13-21-39(33)41)31-53-45-25-9-7-8-10-26-46(45)54-32-36-28-38(50(4,5)6)30-44(48(36)52)42-24-16-20-34-18-12-14-22-40(34)42;/h11-24,27-30,45-46,51-52H,7-10,25-26,31-32H2,1-6H3;/t45-,46?;/m0./s1. The van der Waals surface area contributed by atoms with Gasteiger partial charge >= 0.3 is 341 Å². The third kappa shape index (κ3) is 7.91. The Kier molecular flexibility index (Phi) is 11.0. The molecule has 2 nitrogen and oxygen atoms in total. The molecule has 6 aromatic rings. The second-order valence-electron chi connectivity index (χ2n) is 17.9. The molecule has 1 saturated carbocycles. The van der Waals surface area contributed by atoms with Gasteiger partial charge in [0, 0.05) is 0 Å². The summed E-state index contributed by atoms with van der Waals surface area (Å²) in [4.78, 5) is 0. The third-order valence-corrected chi connectivity index (χ3v) is 27.9. The summed E-state index contributed by atoms with van der Waals surface area (Å²) < 4.78 is 0. The van der Waals surface area contributed by atoms with Gasteiger partial charge in [0.2, 0.25) is 0 Å². The number of phenolic OH excluding ortho intramolecular Hbond substituents is 2. The van der Waals surface area contributed by atoms with Crippen LogP contribution >= 0.6 is 15.9 Å². The zero-order valence-corrected chi connectivity index (χ0v) is 36.6. The van der Waals surface area contributed by atoms with Gasteiger partial charge in [-0.15, -0.1) is 0 Å². The number of fused-ring (bicyclic) bond motifs is 3. The third-order valence-electron chi connectivity index (χ3n) is 12.0. The molecule has 8 rings (SSSR count). The van der Waals surface area contributed by atoms with E-state index in [0.717, 1.165) is 44.9 Å². The molecule has 4 atom stereocenters. The van der Waals surface area contributed by atoms with Crippen LogP contribution in [-0.2, 0) is 37.8 Å². The van der Waals surface area contributed by atoms with Crippen molar-refractivity contribution in [2.24, 2.45) is 0 Å². The number of aromatic hydroxyl groups is 2. The molecule has 1 aliphatic carbocycles. The minimum atomic E-state index is -0.362. The summed E-state index contributed by atoms with van der Waals surface area (Å²) in [6, 6.07) is 39.4. The molecule has 6 aromatic carbocycles. The Balaban J connectivity index is 1.26. The molecule has 3 unspecified atom stereocenters. The van der Waals surface area contributed by atoms with E-state index in [0.29, 0.717) is 22.0 Å². The van der Waals surface area contributed by atoms with Crippen LogP contribution in [-0.4, -0.2) is 20.7 Å². The summed E-state index contributed by atoms with van der Waals surface area (Å²) in [5.41, 5.74) is 8.98. The molecule has 1 heterocycles. The molecule has 55 heavy (non-hydrogen) atoms. The fourth-order valence-corrected chi connectivity index (χ4v) is 29.6. The Morgan fingerprint density at radius 2 is 0.909 bits per heavy atom. The summed E-state index contributed by atoms with van der Waals surface area (Å²) >= 11 is -0.362. The molecule has 0 radical (unpaired) electrons. The molecule has 0 spiro atoms. The number of benzene rings is 6. The fraction of sp³-hybridized carbons (Fsp3) is 0.360. The van der Waals surface area contributed by atoms with Crippen LogP contribution in [0.2, 0.25) is 0 Å². The van der Waals surface area contributed by atoms with Crippen LogP contribution < -0.4 is 0 Å². The van der Waals surface area contributed by atoms with E-state index in [-0.39, 0.29) is 42.2 Å². The Bertz CT molecular complexity index is 2310. The van der Waals surface area contributed by atoms with E-state index in [4.69, 9.17) is 0 Å². The number of phenols is 2. The van der Waals surface area contributed by atoms with Gasteiger partial charge in [0.1, 0.15) is 0 Å². The molecular weight excluding hydrogens is 745 g/mol. The van der Waals surface area contributed by atoms with Crippen molar-refractivity contribution < 1.29 is 25.7 Å². The fourth-order valence-electron chi connectivity index (χ4n) is 8.74. The second-order valence-corrected chi connectivity index (χ2v) is 29.3. The Labute approximate surface area is 339 Å². The van der Waals surface area contributed by atoms with Crippen LogP contribution in [0.15, 0.2) is 109 Å². The molecular formula is C50H56O2S2Ti. The number of hydrogen-bond acceptors (Lipinski definition) is 2. The van der Waals surface area contributed by atoms with Gasteiger partial charge in [-0.2, -0.15) is 0 Å². The van der Waals surface area contributed by atoms with Crippen LogP contribution in [0.4, 0.5) is 0 Å². The predicted molar refractivity (Wildman–Crippen MR) is 237 cm³/mol. The molecule has 0 saturated heterocycles. The maximum absolute atomic E-state index is 12.3. The Morgan fingerprint density at radius 3 is 1.33 bits per heavy atom. The zero-order valence-electron chi connectivity index (χ0n) is 33.4. The minimum absolute atomic E-state index is 0.0404. The maximum atomic E-state index is 12.3. The van der Waals surface area contributed by atoms with Crippen LogP contribution in [0.3, 0.4) is 0 Å². The van der Waals surface area contributed by atoms with E-state index in [1.165, 1.54) is 71.2 Å². The molecule has 284 valence electrons. The summed E-state index contributed by atoms with van der Waals surface area (Å²) in [6.07, 6.45) is 7.94.